The van der Waals surface area contributed by atoms with Crippen molar-refractivity contribution in [3.8, 4) is 22.6 Å². The van der Waals surface area contributed by atoms with Crippen molar-refractivity contribution < 1.29 is 4.39 Å². The van der Waals surface area contributed by atoms with Gasteiger partial charge in [-0.3, -0.25) is 0 Å². The van der Waals surface area contributed by atoms with Crippen LogP contribution in [0.15, 0.2) is 42.9 Å². The first-order chi connectivity index (χ1) is 10.9. The molecule has 0 aliphatic heterocycles. The highest BCUT2D eigenvalue weighted by molar-refractivity contribution is 5.76. The first kappa shape index (κ1) is 15.1. The Morgan fingerprint density at radius 2 is 1.78 bits per heavy atom. The number of nitrogens with one attached hydrogen (secondary N) is 2. The maximum absolute atomic E-state index is 13.1. The van der Waals surface area contributed by atoms with Gasteiger partial charge in [0.25, 0.3) is 0 Å². The third kappa shape index (κ3) is 3.53. The molecule has 1 aromatic carbocycles. The van der Waals surface area contributed by atoms with Crippen molar-refractivity contribution in [3.63, 3.8) is 0 Å². The summed E-state index contributed by atoms with van der Waals surface area (Å²) >= 11 is 0. The van der Waals surface area contributed by atoms with E-state index >= 15 is 0 Å². The van der Waals surface area contributed by atoms with Crippen LogP contribution in [0.3, 0.4) is 0 Å². The van der Waals surface area contributed by atoms with Gasteiger partial charge in [-0.2, -0.15) is 0 Å². The van der Waals surface area contributed by atoms with Gasteiger partial charge in [0.2, 0.25) is 5.95 Å². The zero-order chi connectivity index (χ0) is 16.4. The van der Waals surface area contributed by atoms with Crippen molar-refractivity contribution >= 4 is 5.95 Å². The van der Waals surface area contributed by atoms with Crippen molar-refractivity contribution in [1.82, 2.24) is 19.9 Å². The average molecular weight is 311 g/mol. The zero-order valence-electron chi connectivity index (χ0n) is 13.3. The predicted molar refractivity (Wildman–Crippen MR) is 88.4 cm³/mol. The van der Waals surface area contributed by atoms with E-state index in [4.69, 9.17) is 0 Å². The topological polar surface area (TPSA) is 66.5 Å². The molecule has 0 spiro atoms. The molecule has 5 nitrogen and oxygen atoms in total. The lowest BCUT2D eigenvalue weighted by atomic mass is 10.1. The molecule has 2 aromatic heterocycles. The van der Waals surface area contributed by atoms with E-state index in [9.17, 15) is 4.39 Å². The number of H-pyrrole nitrogens is 1. The van der Waals surface area contributed by atoms with Crippen LogP contribution in [0.2, 0.25) is 0 Å². The molecule has 0 bridgehead atoms. The highest BCUT2D eigenvalue weighted by Crippen LogP contribution is 2.28. The number of benzene rings is 1. The summed E-state index contributed by atoms with van der Waals surface area (Å²) in [6.07, 6.45) is 3.30. The Balaban J connectivity index is 1.99. The minimum atomic E-state index is -0.270. The van der Waals surface area contributed by atoms with Crippen molar-refractivity contribution in [1.29, 1.82) is 0 Å². The number of anilines is 1. The second kappa shape index (κ2) is 5.79. The monoisotopic (exact) mass is 311 g/mol. The van der Waals surface area contributed by atoms with E-state index in [1.807, 2.05) is 20.8 Å². The molecule has 2 heterocycles. The number of hydrogen-bond acceptors (Lipinski definition) is 4. The fourth-order valence-corrected chi connectivity index (χ4v) is 2.21. The predicted octanol–water partition coefficient (Wildman–Crippen LogP) is 3.88. The Morgan fingerprint density at radius 3 is 2.48 bits per heavy atom. The van der Waals surface area contributed by atoms with Crippen LogP contribution in [0.1, 0.15) is 20.8 Å². The molecule has 3 rings (SSSR count). The molecule has 0 radical (unpaired) electrons. The van der Waals surface area contributed by atoms with Gasteiger partial charge in [-0.05, 0) is 51.1 Å². The standard InChI is InChI=1S/C17H18FN5/c1-17(2,3)23-16-19-9-8-13(22-16)15-14(20-10-21-15)11-4-6-12(18)7-5-11/h4-10H,1-3H3,(H,20,21)(H,19,22,23). The molecule has 0 saturated heterocycles. The average Bonchev–Trinajstić information content (AvgIpc) is 2.96. The molecule has 0 aliphatic rings. The molecule has 23 heavy (non-hydrogen) atoms. The minimum Gasteiger partial charge on any atom is -0.350 e. The van der Waals surface area contributed by atoms with Crippen LogP contribution in [0.5, 0.6) is 0 Å². The lowest BCUT2D eigenvalue weighted by Crippen LogP contribution is -2.27. The van der Waals surface area contributed by atoms with Crippen LogP contribution in [0, 0.1) is 5.82 Å². The van der Waals surface area contributed by atoms with E-state index in [-0.39, 0.29) is 11.4 Å². The number of imidazole rings is 1. The molecule has 0 amide bonds. The van der Waals surface area contributed by atoms with Crippen LogP contribution >= 0.6 is 0 Å². The summed E-state index contributed by atoms with van der Waals surface area (Å²) in [5.74, 6) is 0.275. The SMILES string of the molecule is CC(C)(C)Nc1nccc(-c2nc[nH]c2-c2ccc(F)cc2)n1. The van der Waals surface area contributed by atoms with Gasteiger partial charge < -0.3 is 10.3 Å². The molecule has 6 heteroatoms. The smallest absolute Gasteiger partial charge is 0.223 e. The quantitative estimate of drug-likeness (QED) is 0.770. The van der Waals surface area contributed by atoms with Crippen molar-refractivity contribution in [2.75, 3.05) is 5.32 Å². The highest BCUT2D eigenvalue weighted by Gasteiger charge is 2.15. The molecule has 0 unspecified atom stereocenters. The second-order valence-electron chi connectivity index (χ2n) is 6.27. The Morgan fingerprint density at radius 1 is 1.04 bits per heavy atom. The maximum atomic E-state index is 13.1. The summed E-state index contributed by atoms with van der Waals surface area (Å²) < 4.78 is 13.1. The molecule has 0 atom stereocenters. The number of hydrogen-bond donors (Lipinski definition) is 2. The van der Waals surface area contributed by atoms with E-state index in [1.54, 1.807) is 30.7 Å². The number of nitrogens with zero attached hydrogens (tertiary/aromatic N) is 3. The van der Waals surface area contributed by atoms with Crippen LogP contribution in [-0.4, -0.2) is 25.5 Å². The van der Waals surface area contributed by atoms with Crippen molar-refractivity contribution in [2.45, 2.75) is 26.3 Å². The van der Waals surface area contributed by atoms with E-state index in [2.05, 4.69) is 25.3 Å². The molecule has 0 fully saturated rings. The van der Waals surface area contributed by atoms with Crippen LogP contribution in [0.4, 0.5) is 10.3 Å². The van der Waals surface area contributed by atoms with Gasteiger partial charge in [0.1, 0.15) is 11.5 Å². The van der Waals surface area contributed by atoms with E-state index in [1.165, 1.54) is 12.1 Å². The molecule has 3 aromatic rings. The van der Waals surface area contributed by atoms with Crippen LogP contribution < -0.4 is 5.32 Å². The van der Waals surface area contributed by atoms with Crippen LogP contribution in [0.25, 0.3) is 22.6 Å². The number of aromatic nitrogens is 4. The number of aromatic amines is 1. The van der Waals surface area contributed by atoms with Gasteiger partial charge in [0.15, 0.2) is 0 Å². The summed E-state index contributed by atoms with van der Waals surface area (Å²) in [6, 6.07) is 8.07. The maximum Gasteiger partial charge on any atom is 0.223 e. The van der Waals surface area contributed by atoms with Gasteiger partial charge in [0.05, 0.1) is 17.7 Å². The fraction of sp³-hybridized carbons (Fsp3) is 0.235. The highest BCUT2D eigenvalue weighted by atomic mass is 19.1. The van der Waals surface area contributed by atoms with E-state index in [0.29, 0.717) is 17.3 Å². The van der Waals surface area contributed by atoms with Gasteiger partial charge in [-0.25, -0.2) is 19.3 Å². The zero-order valence-corrected chi connectivity index (χ0v) is 13.3. The molecule has 0 saturated carbocycles. The first-order valence-electron chi connectivity index (χ1n) is 7.33. The third-order valence-electron chi connectivity index (χ3n) is 3.16. The molecular weight excluding hydrogens is 293 g/mol. The van der Waals surface area contributed by atoms with Gasteiger partial charge in [-0.1, -0.05) is 0 Å². The normalized spacial score (nSPS) is 11.5. The summed E-state index contributed by atoms with van der Waals surface area (Å²) in [4.78, 5) is 16.2. The second-order valence-corrected chi connectivity index (χ2v) is 6.27. The van der Waals surface area contributed by atoms with Crippen molar-refractivity contribution in [3.05, 3.63) is 48.7 Å². The Bertz CT molecular complexity index is 802. The Hall–Kier alpha value is -2.76. The van der Waals surface area contributed by atoms with Gasteiger partial charge in [-0.15, -0.1) is 0 Å². The van der Waals surface area contributed by atoms with Gasteiger partial charge >= 0.3 is 0 Å². The summed E-state index contributed by atoms with van der Waals surface area (Å²) in [5, 5.41) is 3.24. The number of rotatable bonds is 3. The Labute approximate surface area is 134 Å². The Kier molecular flexibility index (Phi) is 3.82. The summed E-state index contributed by atoms with van der Waals surface area (Å²) in [7, 11) is 0. The molecule has 2 N–H and O–H groups in total. The minimum absolute atomic E-state index is 0.135. The van der Waals surface area contributed by atoms with Crippen LogP contribution in [-0.2, 0) is 0 Å². The summed E-state index contributed by atoms with van der Waals surface area (Å²) in [5.41, 5.74) is 2.92. The summed E-state index contributed by atoms with van der Waals surface area (Å²) in [6.45, 7) is 6.13. The lowest BCUT2D eigenvalue weighted by molar-refractivity contribution is 0.626. The third-order valence-corrected chi connectivity index (χ3v) is 3.16. The molecule has 118 valence electrons. The fourth-order valence-electron chi connectivity index (χ4n) is 2.21. The molecule has 0 aliphatic carbocycles. The molecular formula is C17H18FN5. The first-order valence-corrected chi connectivity index (χ1v) is 7.33. The largest absolute Gasteiger partial charge is 0.350 e. The van der Waals surface area contributed by atoms with E-state index in [0.717, 1.165) is 11.3 Å². The van der Waals surface area contributed by atoms with Gasteiger partial charge in [0, 0.05) is 17.3 Å². The number of halogens is 1. The van der Waals surface area contributed by atoms with Crippen molar-refractivity contribution in [2.24, 2.45) is 0 Å². The lowest BCUT2D eigenvalue weighted by Gasteiger charge is -2.20. The van der Waals surface area contributed by atoms with E-state index < -0.39 is 0 Å².